The average molecular weight is 219 g/mol. The number of nitrogens with two attached hydrogens (primary N) is 1. The normalized spacial score (nSPS) is 22.8. The zero-order valence-electron chi connectivity index (χ0n) is 9.91. The van der Waals surface area contributed by atoms with Crippen molar-refractivity contribution in [1.29, 1.82) is 0 Å². The SMILES string of the molecule is COc1cccc2c1C(C)(C)CC(N)C2=O. The predicted octanol–water partition coefficient (Wildman–Crippen LogP) is 1.89. The Morgan fingerprint density at radius 3 is 2.75 bits per heavy atom. The van der Waals surface area contributed by atoms with Gasteiger partial charge in [-0.05, 0) is 17.9 Å². The third-order valence-electron chi connectivity index (χ3n) is 3.26. The zero-order chi connectivity index (χ0) is 11.9. The summed E-state index contributed by atoms with van der Waals surface area (Å²) in [7, 11) is 1.63. The molecule has 1 aromatic rings. The van der Waals surface area contributed by atoms with Gasteiger partial charge in [0.1, 0.15) is 5.75 Å². The Hall–Kier alpha value is -1.35. The maximum atomic E-state index is 12.0. The van der Waals surface area contributed by atoms with Gasteiger partial charge in [0.2, 0.25) is 0 Å². The molecule has 0 aliphatic heterocycles. The van der Waals surface area contributed by atoms with Gasteiger partial charge in [0.05, 0.1) is 13.2 Å². The van der Waals surface area contributed by atoms with Crippen LogP contribution in [0.2, 0.25) is 0 Å². The number of fused-ring (bicyclic) bond motifs is 1. The highest BCUT2D eigenvalue weighted by Gasteiger charge is 2.38. The molecule has 86 valence electrons. The highest BCUT2D eigenvalue weighted by Crippen LogP contribution is 2.41. The van der Waals surface area contributed by atoms with E-state index in [0.29, 0.717) is 12.0 Å². The van der Waals surface area contributed by atoms with Crippen LogP contribution in [-0.4, -0.2) is 18.9 Å². The zero-order valence-corrected chi connectivity index (χ0v) is 9.91. The number of Topliss-reactive ketones (excluding diaryl/α,β-unsaturated/α-hetero) is 1. The minimum atomic E-state index is -0.394. The lowest BCUT2D eigenvalue weighted by molar-refractivity contribution is 0.0927. The van der Waals surface area contributed by atoms with E-state index < -0.39 is 6.04 Å². The minimum Gasteiger partial charge on any atom is -0.496 e. The van der Waals surface area contributed by atoms with Crippen molar-refractivity contribution in [2.24, 2.45) is 5.73 Å². The molecular formula is C13H17NO2. The number of ketones is 1. The lowest BCUT2D eigenvalue weighted by Gasteiger charge is -2.35. The molecule has 0 radical (unpaired) electrons. The summed E-state index contributed by atoms with van der Waals surface area (Å²) in [5, 5.41) is 0. The Morgan fingerprint density at radius 2 is 2.12 bits per heavy atom. The van der Waals surface area contributed by atoms with Crippen molar-refractivity contribution >= 4 is 5.78 Å². The van der Waals surface area contributed by atoms with E-state index in [1.807, 2.05) is 18.2 Å². The van der Waals surface area contributed by atoms with Crippen molar-refractivity contribution in [2.75, 3.05) is 7.11 Å². The number of carbonyl (C=O) groups is 1. The van der Waals surface area contributed by atoms with Crippen molar-refractivity contribution in [3.8, 4) is 5.75 Å². The van der Waals surface area contributed by atoms with Gasteiger partial charge < -0.3 is 10.5 Å². The summed E-state index contributed by atoms with van der Waals surface area (Å²) in [5.41, 5.74) is 7.46. The first kappa shape index (κ1) is 11.1. The van der Waals surface area contributed by atoms with Crippen molar-refractivity contribution < 1.29 is 9.53 Å². The van der Waals surface area contributed by atoms with Gasteiger partial charge in [-0.25, -0.2) is 0 Å². The van der Waals surface area contributed by atoms with Gasteiger partial charge in [0, 0.05) is 11.1 Å². The fourth-order valence-electron chi connectivity index (χ4n) is 2.55. The molecular weight excluding hydrogens is 202 g/mol. The van der Waals surface area contributed by atoms with Gasteiger partial charge in [-0.1, -0.05) is 26.0 Å². The van der Waals surface area contributed by atoms with E-state index in [1.165, 1.54) is 0 Å². The quantitative estimate of drug-likeness (QED) is 0.784. The van der Waals surface area contributed by atoms with Crippen molar-refractivity contribution in [3.63, 3.8) is 0 Å². The molecule has 1 atom stereocenters. The third kappa shape index (κ3) is 1.52. The molecule has 0 spiro atoms. The summed E-state index contributed by atoms with van der Waals surface area (Å²) in [6.45, 7) is 4.20. The van der Waals surface area contributed by atoms with Crippen LogP contribution in [0.3, 0.4) is 0 Å². The molecule has 0 fully saturated rings. The van der Waals surface area contributed by atoms with Crippen LogP contribution in [0.15, 0.2) is 18.2 Å². The summed E-state index contributed by atoms with van der Waals surface area (Å²) in [4.78, 5) is 12.0. The van der Waals surface area contributed by atoms with Crippen LogP contribution in [0.1, 0.15) is 36.2 Å². The second-order valence-corrected chi connectivity index (χ2v) is 4.94. The van der Waals surface area contributed by atoms with E-state index in [-0.39, 0.29) is 11.2 Å². The summed E-state index contributed by atoms with van der Waals surface area (Å²) < 4.78 is 5.34. The Labute approximate surface area is 95.6 Å². The highest BCUT2D eigenvalue weighted by molar-refractivity contribution is 6.03. The first-order chi connectivity index (χ1) is 7.47. The van der Waals surface area contributed by atoms with E-state index in [1.54, 1.807) is 7.11 Å². The summed E-state index contributed by atoms with van der Waals surface area (Å²) >= 11 is 0. The highest BCUT2D eigenvalue weighted by atomic mass is 16.5. The van der Waals surface area contributed by atoms with Gasteiger partial charge in [0.25, 0.3) is 0 Å². The Bertz CT molecular complexity index is 438. The number of carbonyl (C=O) groups excluding carboxylic acids is 1. The topological polar surface area (TPSA) is 52.3 Å². The van der Waals surface area contributed by atoms with Crippen LogP contribution >= 0.6 is 0 Å². The van der Waals surface area contributed by atoms with Crippen molar-refractivity contribution in [2.45, 2.75) is 31.7 Å². The third-order valence-corrected chi connectivity index (χ3v) is 3.26. The molecule has 0 amide bonds. The Kier molecular flexibility index (Phi) is 2.50. The standard InChI is InChI=1S/C13H17NO2/c1-13(2)7-9(14)12(15)8-5-4-6-10(16-3)11(8)13/h4-6,9H,7,14H2,1-3H3. The monoisotopic (exact) mass is 219 g/mol. The van der Waals surface area contributed by atoms with Gasteiger partial charge >= 0.3 is 0 Å². The second kappa shape index (κ2) is 3.59. The lowest BCUT2D eigenvalue weighted by Crippen LogP contribution is -2.43. The average Bonchev–Trinajstić information content (AvgIpc) is 2.24. The summed E-state index contributed by atoms with van der Waals surface area (Å²) in [5.74, 6) is 0.802. The van der Waals surface area contributed by atoms with Gasteiger partial charge in [0.15, 0.2) is 5.78 Å². The minimum absolute atomic E-state index is 0.0215. The smallest absolute Gasteiger partial charge is 0.179 e. The van der Waals surface area contributed by atoms with Crippen LogP contribution in [0.4, 0.5) is 0 Å². The van der Waals surface area contributed by atoms with Crippen molar-refractivity contribution in [1.82, 2.24) is 0 Å². The molecule has 0 bridgehead atoms. The molecule has 1 unspecified atom stereocenters. The van der Waals surface area contributed by atoms with Gasteiger partial charge in [-0.15, -0.1) is 0 Å². The van der Waals surface area contributed by atoms with Crippen LogP contribution in [-0.2, 0) is 5.41 Å². The van der Waals surface area contributed by atoms with E-state index >= 15 is 0 Å². The molecule has 1 aromatic carbocycles. The molecule has 2 rings (SSSR count). The first-order valence-corrected chi connectivity index (χ1v) is 5.44. The van der Waals surface area contributed by atoms with Crippen LogP contribution in [0.25, 0.3) is 0 Å². The van der Waals surface area contributed by atoms with Crippen molar-refractivity contribution in [3.05, 3.63) is 29.3 Å². The molecule has 3 nitrogen and oxygen atoms in total. The molecule has 16 heavy (non-hydrogen) atoms. The van der Waals surface area contributed by atoms with Gasteiger partial charge in [-0.2, -0.15) is 0 Å². The van der Waals surface area contributed by atoms with Crippen LogP contribution in [0, 0.1) is 0 Å². The van der Waals surface area contributed by atoms with Crippen LogP contribution in [0.5, 0.6) is 5.75 Å². The molecule has 1 aliphatic carbocycles. The predicted molar refractivity (Wildman–Crippen MR) is 62.9 cm³/mol. The number of hydrogen-bond donors (Lipinski definition) is 1. The number of ether oxygens (including phenoxy) is 1. The number of rotatable bonds is 1. The molecule has 3 heteroatoms. The Balaban J connectivity index is 2.68. The number of benzene rings is 1. The number of hydrogen-bond acceptors (Lipinski definition) is 3. The molecule has 0 aromatic heterocycles. The number of methoxy groups -OCH3 is 1. The maximum absolute atomic E-state index is 12.0. The van der Waals surface area contributed by atoms with E-state index in [9.17, 15) is 4.79 Å². The molecule has 0 saturated carbocycles. The Morgan fingerprint density at radius 1 is 1.44 bits per heavy atom. The first-order valence-electron chi connectivity index (χ1n) is 5.44. The second-order valence-electron chi connectivity index (χ2n) is 4.94. The van der Waals surface area contributed by atoms with E-state index in [2.05, 4.69) is 13.8 Å². The molecule has 2 N–H and O–H groups in total. The lowest BCUT2D eigenvalue weighted by atomic mass is 9.70. The molecule has 1 aliphatic rings. The van der Waals surface area contributed by atoms with E-state index in [0.717, 1.165) is 11.3 Å². The van der Waals surface area contributed by atoms with Crippen LogP contribution < -0.4 is 10.5 Å². The fourth-order valence-corrected chi connectivity index (χ4v) is 2.55. The van der Waals surface area contributed by atoms with Gasteiger partial charge in [-0.3, -0.25) is 4.79 Å². The largest absolute Gasteiger partial charge is 0.496 e. The molecule has 0 saturated heterocycles. The van der Waals surface area contributed by atoms with E-state index in [4.69, 9.17) is 10.5 Å². The maximum Gasteiger partial charge on any atom is 0.179 e. The molecule has 0 heterocycles. The summed E-state index contributed by atoms with van der Waals surface area (Å²) in [6, 6.07) is 5.17. The fraction of sp³-hybridized carbons (Fsp3) is 0.462. The summed E-state index contributed by atoms with van der Waals surface area (Å²) in [6.07, 6.45) is 0.666.